The number of carbonyl (C=O) groups is 1. The van der Waals surface area contributed by atoms with Crippen LogP contribution in [-0.4, -0.2) is 17.6 Å². The number of nitrogens with zero attached hydrogens (tertiary/aromatic N) is 2. The highest BCUT2D eigenvalue weighted by Crippen LogP contribution is 2.32. The molecule has 6 rings (SSSR count). The van der Waals surface area contributed by atoms with E-state index in [0.29, 0.717) is 49.4 Å². The third-order valence-electron chi connectivity index (χ3n) is 7.82. The van der Waals surface area contributed by atoms with Crippen molar-refractivity contribution in [1.82, 2.24) is 4.57 Å². The average Bonchev–Trinajstić information content (AvgIpc) is 3.35. The summed E-state index contributed by atoms with van der Waals surface area (Å²) >= 11 is 7.27. The number of hydrogen-bond acceptors (Lipinski definition) is 6. The van der Waals surface area contributed by atoms with Gasteiger partial charge in [0.25, 0.3) is 11.5 Å². The van der Waals surface area contributed by atoms with E-state index in [4.69, 9.17) is 26.1 Å². The molecule has 5 aromatic rings. The lowest BCUT2D eigenvalue weighted by Gasteiger charge is -2.25. The summed E-state index contributed by atoms with van der Waals surface area (Å²) in [5, 5.41) is 3.75. The first-order valence-corrected chi connectivity index (χ1v) is 15.9. The van der Waals surface area contributed by atoms with Gasteiger partial charge in [-0.1, -0.05) is 77.0 Å². The molecule has 232 valence electrons. The Morgan fingerprint density at radius 2 is 1.65 bits per heavy atom. The quantitative estimate of drug-likeness (QED) is 0.202. The normalized spacial score (nSPS) is 14.5. The largest absolute Gasteiger partial charge is 0.497 e. The van der Waals surface area contributed by atoms with Crippen LogP contribution >= 0.6 is 22.9 Å². The zero-order valence-electron chi connectivity index (χ0n) is 25.8. The molecule has 0 aliphatic carbocycles. The molecule has 0 fully saturated rings. The molecule has 1 aliphatic rings. The SMILES string of the molecule is COc1ccc([C@@H]2C(C(=O)Nc3ccc(C)cc3C)=C(C)N=c3s/c(=C/c4ccc(OCc5ccc(Cl)cc5)cc4)c(=O)n32)cc1. The van der Waals surface area contributed by atoms with Gasteiger partial charge in [-0.3, -0.25) is 14.2 Å². The number of aromatic nitrogens is 1. The molecule has 9 heteroatoms. The van der Waals surface area contributed by atoms with E-state index in [1.54, 1.807) is 11.7 Å². The Morgan fingerprint density at radius 1 is 0.957 bits per heavy atom. The first-order chi connectivity index (χ1) is 22.2. The van der Waals surface area contributed by atoms with Crippen LogP contribution in [0.1, 0.15) is 40.8 Å². The minimum absolute atomic E-state index is 0.225. The van der Waals surface area contributed by atoms with E-state index in [1.165, 1.54) is 11.3 Å². The number of methoxy groups -OCH3 is 1. The number of nitrogens with one attached hydrogen (secondary N) is 1. The molecule has 1 aromatic heterocycles. The van der Waals surface area contributed by atoms with Crippen molar-refractivity contribution in [3.05, 3.63) is 155 Å². The first kappa shape index (κ1) is 31.1. The zero-order valence-corrected chi connectivity index (χ0v) is 27.4. The predicted molar refractivity (Wildman–Crippen MR) is 184 cm³/mol. The zero-order chi connectivity index (χ0) is 32.4. The molecule has 0 saturated heterocycles. The van der Waals surface area contributed by atoms with Gasteiger partial charge in [-0.25, -0.2) is 4.99 Å². The van der Waals surface area contributed by atoms with E-state index in [9.17, 15) is 9.59 Å². The third kappa shape index (κ3) is 6.54. The fourth-order valence-electron chi connectivity index (χ4n) is 5.42. The number of aryl methyl sites for hydroxylation is 2. The number of halogens is 1. The number of anilines is 1. The summed E-state index contributed by atoms with van der Waals surface area (Å²) in [6.07, 6.45) is 1.84. The minimum atomic E-state index is -0.682. The van der Waals surface area contributed by atoms with Crippen LogP contribution in [0.2, 0.25) is 5.02 Å². The van der Waals surface area contributed by atoms with Gasteiger partial charge in [0, 0.05) is 10.7 Å². The van der Waals surface area contributed by atoms with Crippen molar-refractivity contribution in [3.8, 4) is 11.5 Å². The topological polar surface area (TPSA) is 81.9 Å². The second-order valence-electron chi connectivity index (χ2n) is 11.1. The van der Waals surface area contributed by atoms with Crippen LogP contribution in [0.15, 0.2) is 112 Å². The summed E-state index contributed by atoms with van der Waals surface area (Å²) in [5.74, 6) is 1.08. The molecular formula is C37H32ClN3O4S. The molecule has 0 saturated carbocycles. The highest BCUT2D eigenvalue weighted by atomic mass is 35.5. The Hall–Kier alpha value is -4.92. The number of benzene rings is 4. The Kier molecular flexibility index (Phi) is 8.92. The van der Waals surface area contributed by atoms with Crippen LogP contribution in [0.5, 0.6) is 11.5 Å². The molecule has 46 heavy (non-hydrogen) atoms. The molecule has 0 unspecified atom stereocenters. The minimum Gasteiger partial charge on any atom is -0.497 e. The van der Waals surface area contributed by atoms with Gasteiger partial charge in [0.2, 0.25) is 0 Å². The van der Waals surface area contributed by atoms with Gasteiger partial charge in [-0.05, 0) is 91.6 Å². The molecule has 7 nitrogen and oxygen atoms in total. The van der Waals surface area contributed by atoms with Crippen LogP contribution < -0.4 is 29.7 Å². The maximum atomic E-state index is 14.1. The van der Waals surface area contributed by atoms with E-state index in [-0.39, 0.29) is 11.5 Å². The second-order valence-corrected chi connectivity index (χ2v) is 12.6. The van der Waals surface area contributed by atoms with Gasteiger partial charge in [0.05, 0.1) is 29.0 Å². The maximum absolute atomic E-state index is 14.1. The van der Waals surface area contributed by atoms with Crippen molar-refractivity contribution >= 4 is 40.6 Å². The van der Waals surface area contributed by atoms with Crippen LogP contribution in [-0.2, 0) is 11.4 Å². The van der Waals surface area contributed by atoms with Gasteiger partial charge in [0.1, 0.15) is 18.1 Å². The van der Waals surface area contributed by atoms with E-state index < -0.39 is 6.04 Å². The summed E-state index contributed by atoms with van der Waals surface area (Å²) in [6.45, 7) is 6.19. The second kappa shape index (κ2) is 13.2. The lowest BCUT2D eigenvalue weighted by atomic mass is 9.95. The van der Waals surface area contributed by atoms with Crippen molar-refractivity contribution in [2.45, 2.75) is 33.4 Å². The van der Waals surface area contributed by atoms with Gasteiger partial charge < -0.3 is 14.8 Å². The van der Waals surface area contributed by atoms with E-state index in [1.807, 2.05) is 118 Å². The Balaban J connectivity index is 1.34. The Labute approximate surface area is 275 Å². The summed E-state index contributed by atoms with van der Waals surface area (Å²) in [4.78, 5) is 33.3. The molecule has 1 aliphatic heterocycles. The molecule has 1 N–H and O–H groups in total. The molecule has 0 spiro atoms. The molecular weight excluding hydrogens is 618 g/mol. The number of hydrogen-bond donors (Lipinski definition) is 1. The number of amides is 1. The molecule has 0 radical (unpaired) electrons. The Bertz CT molecular complexity index is 2130. The highest BCUT2D eigenvalue weighted by molar-refractivity contribution is 7.07. The smallest absolute Gasteiger partial charge is 0.271 e. The van der Waals surface area contributed by atoms with Gasteiger partial charge in [-0.15, -0.1) is 0 Å². The summed E-state index contributed by atoms with van der Waals surface area (Å²) in [5.41, 5.74) is 6.13. The van der Waals surface area contributed by atoms with Crippen molar-refractivity contribution in [3.63, 3.8) is 0 Å². The standard InChI is InChI=1S/C37H32ClN3O4S/c1-22-5-18-31(23(2)19-22)40-35(42)33-24(3)39-37-41(34(33)27-10-16-29(44-4)17-11-27)36(43)32(46-37)20-25-8-14-30(15-9-25)45-21-26-6-12-28(38)13-7-26/h5-20,34H,21H2,1-4H3,(H,40,42)/b32-20+/t34-/m1/s1. The van der Waals surface area contributed by atoms with Crippen molar-refractivity contribution in [2.24, 2.45) is 4.99 Å². The predicted octanol–water partition coefficient (Wildman–Crippen LogP) is 6.73. The molecule has 0 bridgehead atoms. The van der Waals surface area contributed by atoms with Crippen molar-refractivity contribution in [2.75, 3.05) is 12.4 Å². The van der Waals surface area contributed by atoms with Crippen molar-refractivity contribution < 1.29 is 14.3 Å². The van der Waals surface area contributed by atoms with Crippen molar-refractivity contribution in [1.29, 1.82) is 0 Å². The number of allylic oxidation sites excluding steroid dienone is 1. The van der Waals surface area contributed by atoms with Gasteiger partial charge >= 0.3 is 0 Å². The molecule has 1 amide bonds. The number of thiazole rings is 1. The van der Waals surface area contributed by atoms with Crippen LogP contribution in [0.4, 0.5) is 5.69 Å². The number of carbonyl (C=O) groups excluding carboxylic acids is 1. The van der Waals surface area contributed by atoms with Crippen LogP contribution in [0, 0.1) is 13.8 Å². The summed E-state index contributed by atoms with van der Waals surface area (Å²) < 4.78 is 13.4. The fraction of sp³-hybridized carbons (Fsp3) is 0.162. The molecule has 1 atom stereocenters. The van der Waals surface area contributed by atoms with E-state index in [2.05, 4.69) is 5.32 Å². The maximum Gasteiger partial charge on any atom is 0.271 e. The fourth-order valence-corrected chi connectivity index (χ4v) is 6.59. The lowest BCUT2D eigenvalue weighted by molar-refractivity contribution is -0.113. The highest BCUT2D eigenvalue weighted by Gasteiger charge is 2.32. The number of fused-ring (bicyclic) bond motifs is 1. The van der Waals surface area contributed by atoms with Crippen LogP contribution in [0.3, 0.4) is 0 Å². The van der Waals surface area contributed by atoms with Crippen LogP contribution in [0.25, 0.3) is 6.08 Å². The average molecular weight is 650 g/mol. The summed E-state index contributed by atoms with van der Waals surface area (Å²) in [6, 6.07) is 27.7. The van der Waals surface area contributed by atoms with Gasteiger partial charge in [0.15, 0.2) is 4.80 Å². The lowest BCUT2D eigenvalue weighted by Crippen LogP contribution is -2.40. The summed E-state index contributed by atoms with van der Waals surface area (Å²) in [7, 11) is 1.60. The molecule has 2 heterocycles. The molecule has 4 aromatic carbocycles. The first-order valence-electron chi connectivity index (χ1n) is 14.7. The van der Waals surface area contributed by atoms with E-state index in [0.717, 1.165) is 27.8 Å². The third-order valence-corrected chi connectivity index (χ3v) is 9.06. The van der Waals surface area contributed by atoms with E-state index >= 15 is 0 Å². The Morgan fingerprint density at radius 3 is 2.33 bits per heavy atom. The monoisotopic (exact) mass is 649 g/mol. The number of ether oxygens (including phenoxy) is 2. The number of rotatable bonds is 8. The van der Waals surface area contributed by atoms with Gasteiger partial charge in [-0.2, -0.15) is 0 Å².